The van der Waals surface area contributed by atoms with Gasteiger partial charge in [0, 0.05) is 25.3 Å². The van der Waals surface area contributed by atoms with Crippen LogP contribution >= 0.6 is 0 Å². The van der Waals surface area contributed by atoms with Crippen LogP contribution in [0.1, 0.15) is 18.4 Å². The van der Waals surface area contributed by atoms with Crippen molar-refractivity contribution in [3.63, 3.8) is 0 Å². The third-order valence-corrected chi connectivity index (χ3v) is 2.03. The van der Waals surface area contributed by atoms with Crippen LogP contribution in [0.4, 0.5) is 0 Å². The average molecular weight is 209 g/mol. The van der Waals surface area contributed by atoms with Crippen molar-refractivity contribution in [3.05, 3.63) is 36.8 Å². The zero-order valence-electron chi connectivity index (χ0n) is 9.08. The summed E-state index contributed by atoms with van der Waals surface area (Å²) in [6, 6.07) is 1.96. The maximum atomic E-state index is 5.42. The molecular formula is C12H19NO2. The number of hydrogen-bond acceptors (Lipinski definition) is 3. The summed E-state index contributed by atoms with van der Waals surface area (Å²) in [6.07, 6.45) is 7.44. The number of allylic oxidation sites excluding steroid dienone is 1. The first kappa shape index (κ1) is 12.0. The Morgan fingerprint density at radius 2 is 2.40 bits per heavy atom. The summed E-state index contributed by atoms with van der Waals surface area (Å²) in [5.74, 6) is 0. The van der Waals surface area contributed by atoms with Crippen LogP contribution in [0.25, 0.3) is 0 Å². The highest BCUT2D eigenvalue weighted by Gasteiger charge is 1.93. The second kappa shape index (κ2) is 8.26. The van der Waals surface area contributed by atoms with E-state index in [1.54, 1.807) is 12.5 Å². The molecule has 0 aromatic carbocycles. The van der Waals surface area contributed by atoms with Crippen LogP contribution in [-0.2, 0) is 11.3 Å². The molecule has 0 aliphatic heterocycles. The van der Waals surface area contributed by atoms with Crippen molar-refractivity contribution in [2.75, 3.05) is 19.8 Å². The predicted molar refractivity (Wildman–Crippen MR) is 60.7 cm³/mol. The molecule has 0 bridgehead atoms. The van der Waals surface area contributed by atoms with Gasteiger partial charge in [-0.15, -0.1) is 6.58 Å². The fraction of sp³-hybridized carbons (Fsp3) is 0.500. The highest BCUT2D eigenvalue weighted by Crippen LogP contribution is 1.97. The highest BCUT2D eigenvalue weighted by atomic mass is 16.5. The molecule has 0 aliphatic carbocycles. The van der Waals surface area contributed by atoms with Crippen molar-refractivity contribution in [1.29, 1.82) is 0 Å². The lowest BCUT2D eigenvalue weighted by Crippen LogP contribution is -2.19. The molecule has 0 saturated carbocycles. The maximum Gasteiger partial charge on any atom is 0.0947 e. The lowest BCUT2D eigenvalue weighted by Gasteiger charge is -2.04. The van der Waals surface area contributed by atoms with Gasteiger partial charge in [-0.05, 0) is 18.9 Å². The molecule has 0 unspecified atom stereocenters. The number of ether oxygens (including phenoxy) is 1. The molecule has 1 rings (SSSR count). The van der Waals surface area contributed by atoms with E-state index in [9.17, 15) is 0 Å². The Bertz CT molecular complexity index is 244. The SMILES string of the molecule is C=CCCCOCCNCc1ccoc1. The Kier molecular flexibility index (Phi) is 6.62. The van der Waals surface area contributed by atoms with Gasteiger partial charge in [-0.2, -0.15) is 0 Å². The number of furan rings is 1. The first-order chi connectivity index (χ1) is 7.43. The van der Waals surface area contributed by atoms with E-state index in [4.69, 9.17) is 9.15 Å². The van der Waals surface area contributed by atoms with Gasteiger partial charge in [-0.3, -0.25) is 0 Å². The minimum absolute atomic E-state index is 0.759. The van der Waals surface area contributed by atoms with Crippen LogP contribution in [0.5, 0.6) is 0 Å². The van der Waals surface area contributed by atoms with Crippen molar-refractivity contribution < 1.29 is 9.15 Å². The zero-order valence-corrected chi connectivity index (χ0v) is 9.08. The third-order valence-electron chi connectivity index (χ3n) is 2.03. The number of unbranched alkanes of at least 4 members (excludes halogenated alkanes) is 1. The van der Waals surface area contributed by atoms with E-state index in [1.165, 1.54) is 5.56 Å². The summed E-state index contributed by atoms with van der Waals surface area (Å²) >= 11 is 0. The monoisotopic (exact) mass is 209 g/mol. The predicted octanol–water partition coefficient (Wildman–Crippen LogP) is 2.35. The molecule has 84 valence electrons. The number of rotatable bonds is 9. The summed E-state index contributed by atoms with van der Waals surface area (Å²) in [6.45, 7) is 6.95. The van der Waals surface area contributed by atoms with Gasteiger partial charge >= 0.3 is 0 Å². The molecule has 0 amide bonds. The largest absolute Gasteiger partial charge is 0.472 e. The molecule has 0 radical (unpaired) electrons. The molecule has 1 aromatic heterocycles. The minimum Gasteiger partial charge on any atom is -0.472 e. The van der Waals surface area contributed by atoms with Gasteiger partial charge in [0.25, 0.3) is 0 Å². The first-order valence-electron chi connectivity index (χ1n) is 5.34. The smallest absolute Gasteiger partial charge is 0.0947 e. The normalized spacial score (nSPS) is 10.4. The Hall–Kier alpha value is -1.06. The van der Waals surface area contributed by atoms with Gasteiger partial charge < -0.3 is 14.5 Å². The fourth-order valence-corrected chi connectivity index (χ4v) is 1.20. The molecule has 1 N–H and O–H groups in total. The van der Waals surface area contributed by atoms with E-state index >= 15 is 0 Å². The van der Waals surface area contributed by atoms with E-state index < -0.39 is 0 Å². The molecule has 0 atom stereocenters. The molecule has 3 nitrogen and oxygen atoms in total. The maximum absolute atomic E-state index is 5.42. The molecule has 0 fully saturated rings. The summed E-state index contributed by atoms with van der Waals surface area (Å²) in [5, 5.41) is 3.27. The van der Waals surface area contributed by atoms with Gasteiger partial charge in [0.05, 0.1) is 19.1 Å². The van der Waals surface area contributed by atoms with E-state index in [0.717, 1.165) is 39.1 Å². The van der Waals surface area contributed by atoms with Crippen LogP contribution in [0.15, 0.2) is 35.7 Å². The third kappa shape index (κ3) is 6.10. The van der Waals surface area contributed by atoms with Crippen molar-refractivity contribution in [3.8, 4) is 0 Å². The van der Waals surface area contributed by atoms with Crippen LogP contribution in [0.2, 0.25) is 0 Å². The Labute approximate surface area is 91.1 Å². The average Bonchev–Trinajstić information content (AvgIpc) is 2.75. The van der Waals surface area contributed by atoms with Crippen LogP contribution < -0.4 is 5.32 Å². The molecule has 15 heavy (non-hydrogen) atoms. The topological polar surface area (TPSA) is 34.4 Å². The summed E-state index contributed by atoms with van der Waals surface area (Å²) < 4.78 is 10.4. The van der Waals surface area contributed by atoms with Crippen molar-refractivity contribution in [2.24, 2.45) is 0 Å². The van der Waals surface area contributed by atoms with E-state index in [0.29, 0.717) is 0 Å². The molecule has 1 heterocycles. The second-order valence-electron chi connectivity index (χ2n) is 3.35. The van der Waals surface area contributed by atoms with Crippen molar-refractivity contribution in [1.82, 2.24) is 5.32 Å². The van der Waals surface area contributed by atoms with Gasteiger partial charge in [0.1, 0.15) is 0 Å². The molecule has 1 aromatic rings. The van der Waals surface area contributed by atoms with E-state index in [-0.39, 0.29) is 0 Å². The quantitative estimate of drug-likeness (QED) is 0.501. The first-order valence-corrected chi connectivity index (χ1v) is 5.34. The van der Waals surface area contributed by atoms with Gasteiger partial charge in [-0.25, -0.2) is 0 Å². The fourth-order valence-electron chi connectivity index (χ4n) is 1.20. The van der Waals surface area contributed by atoms with Crippen molar-refractivity contribution in [2.45, 2.75) is 19.4 Å². The zero-order chi connectivity index (χ0) is 10.8. The summed E-state index contributed by atoms with van der Waals surface area (Å²) in [4.78, 5) is 0. The highest BCUT2D eigenvalue weighted by molar-refractivity contribution is 5.04. The van der Waals surface area contributed by atoms with Crippen molar-refractivity contribution >= 4 is 0 Å². The van der Waals surface area contributed by atoms with Gasteiger partial charge in [-0.1, -0.05) is 6.08 Å². The van der Waals surface area contributed by atoms with Gasteiger partial charge in [0.15, 0.2) is 0 Å². The molecule has 0 spiro atoms. The van der Waals surface area contributed by atoms with Crippen LogP contribution in [0, 0.1) is 0 Å². The van der Waals surface area contributed by atoms with Crippen LogP contribution in [-0.4, -0.2) is 19.8 Å². The lowest BCUT2D eigenvalue weighted by molar-refractivity contribution is 0.134. The molecule has 0 aliphatic rings. The Morgan fingerprint density at radius 1 is 1.47 bits per heavy atom. The molecule has 3 heteroatoms. The van der Waals surface area contributed by atoms with E-state index in [1.807, 2.05) is 12.1 Å². The Balaban J connectivity index is 1.83. The molecule has 0 saturated heterocycles. The standard InChI is InChI=1S/C12H19NO2/c1-2-3-4-7-14-9-6-13-10-12-5-8-15-11-12/h2,5,8,11,13H,1,3-4,6-7,9-10H2. The number of hydrogen-bond donors (Lipinski definition) is 1. The minimum atomic E-state index is 0.759. The number of nitrogens with one attached hydrogen (secondary N) is 1. The molecular weight excluding hydrogens is 190 g/mol. The van der Waals surface area contributed by atoms with Gasteiger partial charge in [0.2, 0.25) is 0 Å². The van der Waals surface area contributed by atoms with E-state index in [2.05, 4.69) is 11.9 Å². The lowest BCUT2D eigenvalue weighted by atomic mass is 10.3. The Morgan fingerprint density at radius 3 is 3.13 bits per heavy atom. The summed E-state index contributed by atoms with van der Waals surface area (Å²) in [7, 11) is 0. The summed E-state index contributed by atoms with van der Waals surface area (Å²) in [5.41, 5.74) is 1.17. The second-order valence-corrected chi connectivity index (χ2v) is 3.35. The van der Waals surface area contributed by atoms with Crippen LogP contribution in [0.3, 0.4) is 0 Å².